The van der Waals surface area contributed by atoms with Gasteiger partial charge in [0.25, 0.3) is 0 Å². The molecule has 1 N–H and O–H groups in total. The van der Waals surface area contributed by atoms with Gasteiger partial charge in [-0.3, -0.25) is 4.79 Å². The summed E-state index contributed by atoms with van der Waals surface area (Å²) in [5.74, 6) is 0.00352. The van der Waals surface area contributed by atoms with E-state index in [1.54, 1.807) is 36.4 Å². The Balaban J connectivity index is 1.91. The molecule has 29 heavy (non-hydrogen) atoms. The van der Waals surface area contributed by atoms with Gasteiger partial charge in [-0.25, -0.2) is 0 Å². The van der Waals surface area contributed by atoms with Crippen molar-refractivity contribution in [2.24, 2.45) is 0 Å². The maximum absolute atomic E-state index is 12.3. The minimum atomic E-state index is -4.44. The third-order valence-corrected chi connectivity index (χ3v) is 4.18. The van der Waals surface area contributed by atoms with Gasteiger partial charge in [-0.15, -0.1) is 0 Å². The maximum Gasteiger partial charge on any atom is 0.422 e. The summed E-state index contributed by atoms with van der Waals surface area (Å²) in [5, 5.41) is 11.7. The first-order valence-corrected chi connectivity index (χ1v) is 8.87. The van der Waals surface area contributed by atoms with Crippen LogP contribution in [0.4, 0.5) is 13.2 Å². The van der Waals surface area contributed by atoms with E-state index in [4.69, 9.17) is 14.7 Å². The van der Waals surface area contributed by atoms with Crippen LogP contribution >= 0.6 is 0 Å². The molecular formula is C21H21F3N2O3. The van der Waals surface area contributed by atoms with Gasteiger partial charge in [-0.05, 0) is 48.7 Å². The van der Waals surface area contributed by atoms with Crippen LogP contribution in [0.25, 0.3) is 0 Å². The number of carbonyl (C=O) groups excluding carboxylic acids is 1. The van der Waals surface area contributed by atoms with E-state index in [1.165, 1.54) is 13.2 Å². The quantitative estimate of drug-likeness (QED) is 0.709. The van der Waals surface area contributed by atoms with Crippen molar-refractivity contribution in [3.63, 3.8) is 0 Å². The average Bonchev–Trinajstić information content (AvgIpc) is 2.70. The van der Waals surface area contributed by atoms with Crippen molar-refractivity contribution < 1.29 is 27.4 Å². The molecule has 1 amide bonds. The number of hydrogen-bond acceptors (Lipinski definition) is 4. The zero-order chi connectivity index (χ0) is 21.4. The first-order chi connectivity index (χ1) is 13.7. The normalized spacial score (nSPS) is 12.0. The topological polar surface area (TPSA) is 71.3 Å². The van der Waals surface area contributed by atoms with Crippen molar-refractivity contribution in [2.75, 3.05) is 13.7 Å². The SMILES string of the molecule is COc1cc(CCC(=O)NC(C)c2ccc(C#N)cc2)ccc1OCC(F)(F)F. The molecule has 2 rings (SSSR count). The summed E-state index contributed by atoms with van der Waals surface area (Å²) in [5.41, 5.74) is 2.16. The van der Waals surface area contributed by atoms with Crippen LogP contribution in [0.5, 0.6) is 11.5 Å². The highest BCUT2D eigenvalue weighted by Crippen LogP contribution is 2.30. The molecule has 0 radical (unpaired) electrons. The third kappa shape index (κ3) is 7.03. The van der Waals surface area contributed by atoms with Crippen LogP contribution in [-0.2, 0) is 11.2 Å². The lowest BCUT2D eigenvalue weighted by molar-refractivity contribution is -0.153. The molecule has 0 aromatic heterocycles. The molecule has 0 aliphatic rings. The summed E-state index contributed by atoms with van der Waals surface area (Å²) in [6.07, 6.45) is -3.85. The van der Waals surface area contributed by atoms with Crippen molar-refractivity contribution >= 4 is 5.91 Å². The molecule has 0 aliphatic carbocycles. The molecule has 0 saturated heterocycles. The van der Waals surface area contributed by atoms with E-state index < -0.39 is 12.8 Å². The number of amides is 1. The van der Waals surface area contributed by atoms with Crippen molar-refractivity contribution in [1.29, 1.82) is 5.26 Å². The number of alkyl halides is 3. The minimum Gasteiger partial charge on any atom is -0.493 e. The van der Waals surface area contributed by atoms with Crippen molar-refractivity contribution in [3.8, 4) is 17.6 Å². The first-order valence-electron chi connectivity index (χ1n) is 8.87. The standard InChI is InChI=1S/C21H21F3N2O3/c1-14(17-7-3-16(12-25)4-8-17)26-20(27)10-6-15-5-9-18(19(11-15)28-2)29-13-21(22,23)24/h3-5,7-9,11,14H,6,10,13H2,1-2H3,(H,26,27). The second kappa shape index (κ2) is 9.82. The van der Waals surface area contributed by atoms with Gasteiger partial charge in [0.2, 0.25) is 5.91 Å². The molecule has 1 unspecified atom stereocenters. The lowest BCUT2D eigenvalue weighted by Gasteiger charge is -2.15. The smallest absolute Gasteiger partial charge is 0.422 e. The summed E-state index contributed by atoms with van der Waals surface area (Å²) >= 11 is 0. The van der Waals surface area contributed by atoms with E-state index in [9.17, 15) is 18.0 Å². The van der Waals surface area contributed by atoms with E-state index >= 15 is 0 Å². The number of aryl methyl sites for hydroxylation is 1. The van der Waals surface area contributed by atoms with Crippen LogP contribution in [-0.4, -0.2) is 25.8 Å². The lowest BCUT2D eigenvalue weighted by atomic mass is 10.1. The number of nitriles is 1. The number of methoxy groups -OCH3 is 1. The predicted octanol–water partition coefficient (Wildman–Crippen LogP) is 4.32. The van der Waals surface area contributed by atoms with E-state index in [2.05, 4.69) is 5.32 Å². The van der Waals surface area contributed by atoms with Gasteiger partial charge in [0.1, 0.15) is 0 Å². The molecule has 0 heterocycles. The van der Waals surface area contributed by atoms with E-state index in [1.807, 2.05) is 13.0 Å². The highest BCUT2D eigenvalue weighted by molar-refractivity contribution is 5.76. The Hall–Kier alpha value is -3.21. The van der Waals surface area contributed by atoms with Crippen LogP contribution in [0, 0.1) is 11.3 Å². The number of rotatable bonds is 8. The highest BCUT2D eigenvalue weighted by atomic mass is 19.4. The largest absolute Gasteiger partial charge is 0.493 e. The molecular weight excluding hydrogens is 385 g/mol. The predicted molar refractivity (Wildman–Crippen MR) is 101 cm³/mol. The van der Waals surface area contributed by atoms with Crippen LogP contribution in [0.2, 0.25) is 0 Å². The number of hydrogen-bond donors (Lipinski definition) is 1. The minimum absolute atomic E-state index is 0.00698. The molecule has 2 aromatic rings. The van der Waals surface area contributed by atoms with Gasteiger partial charge in [0, 0.05) is 6.42 Å². The zero-order valence-corrected chi connectivity index (χ0v) is 16.0. The first kappa shape index (κ1) is 22.1. The summed E-state index contributed by atoms with van der Waals surface area (Å²) in [6.45, 7) is 0.438. The molecule has 154 valence electrons. The molecule has 0 saturated carbocycles. The second-order valence-electron chi connectivity index (χ2n) is 6.41. The fourth-order valence-electron chi connectivity index (χ4n) is 2.65. The van der Waals surface area contributed by atoms with Crippen molar-refractivity contribution in [1.82, 2.24) is 5.32 Å². The maximum atomic E-state index is 12.3. The van der Waals surface area contributed by atoms with Crippen molar-refractivity contribution in [3.05, 3.63) is 59.2 Å². The molecule has 0 spiro atoms. The molecule has 0 aliphatic heterocycles. The number of halogens is 3. The van der Waals surface area contributed by atoms with Crippen LogP contribution in [0.1, 0.15) is 36.1 Å². The zero-order valence-electron chi connectivity index (χ0n) is 16.0. The second-order valence-corrected chi connectivity index (χ2v) is 6.41. The van der Waals surface area contributed by atoms with Crippen LogP contribution in [0.3, 0.4) is 0 Å². The van der Waals surface area contributed by atoms with E-state index in [-0.39, 0.29) is 29.9 Å². The molecule has 8 heteroatoms. The number of nitrogens with zero attached hydrogens (tertiary/aromatic N) is 1. The Morgan fingerprint density at radius 1 is 1.17 bits per heavy atom. The Morgan fingerprint density at radius 3 is 2.45 bits per heavy atom. The Morgan fingerprint density at radius 2 is 1.86 bits per heavy atom. The van der Waals surface area contributed by atoms with E-state index in [0.717, 1.165) is 11.1 Å². The highest BCUT2D eigenvalue weighted by Gasteiger charge is 2.29. The summed E-state index contributed by atoms with van der Waals surface area (Å²) in [6, 6.07) is 13.3. The fourth-order valence-corrected chi connectivity index (χ4v) is 2.65. The Kier molecular flexibility index (Phi) is 7.48. The van der Waals surface area contributed by atoms with Gasteiger partial charge in [0.15, 0.2) is 18.1 Å². The van der Waals surface area contributed by atoms with Crippen LogP contribution < -0.4 is 14.8 Å². The summed E-state index contributed by atoms with van der Waals surface area (Å²) < 4.78 is 46.7. The molecule has 1 atom stereocenters. The molecule has 2 aromatic carbocycles. The van der Waals surface area contributed by atoms with Gasteiger partial charge in [0.05, 0.1) is 24.8 Å². The monoisotopic (exact) mass is 406 g/mol. The number of benzene rings is 2. The van der Waals surface area contributed by atoms with Gasteiger partial charge >= 0.3 is 6.18 Å². The van der Waals surface area contributed by atoms with Crippen LogP contribution in [0.15, 0.2) is 42.5 Å². The van der Waals surface area contributed by atoms with Gasteiger partial charge in [-0.1, -0.05) is 18.2 Å². The lowest BCUT2D eigenvalue weighted by Crippen LogP contribution is -2.26. The number of carbonyl (C=O) groups is 1. The van der Waals surface area contributed by atoms with Gasteiger partial charge in [-0.2, -0.15) is 18.4 Å². The van der Waals surface area contributed by atoms with E-state index in [0.29, 0.717) is 12.0 Å². The summed E-state index contributed by atoms with van der Waals surface area (Å²) in [7, 11) is 1.34. The Bertz CT molecular complexity index is 874. The number of nitrogens with one attached hydrogen (secondary N) is 1. The Labute approximate surface area is 167 Å². The fraction of sp³-hybridized carbons (Fsp3) is 0.333. The number of ether oxygens (including phenoxy) is 2. The average molecular weight is 406 g/mol. The summed E-state index contributed by atoms with van der Waals surface area (Å²) in [4.78, 5) is 12.2. The molecule has 5 nitrogen and oxygen atoms in total. The van der Waals surface area contributed by atoms with Crippen molar-refractivity contribution in [2.45, 2.75) is 32.0 Å². The third-order valence-electron chi connectivity index (χ3n) is 4.18. The molecule has 0 bridgehead atoms. The van der Waals surface area contributed by atoms with Gasteiger partial charge < -0.3 is 14.8 Å². The molecule has 0 fully saturated rings.